The van der Waals surface area contributed by atoms with Crippen molar-refractivity contribution in [3.8, 4) is 0 Å². The quantitative estimate of drug-likeness (QED) is 0.569. The van der Waals surface area contributed by atoms with Gasteiger partial charge < -0.3 is 19.4 Å². The Labute approximate surface area is 180 Å². The molecule has 8 nitrogen and oxygen atoms in total. The minimum absolute atomic E-state index is 0.0594. The van der Waals surface area contributed by atoms with E-state index in [0.717, 1.165) is 16.8 Å². The third kappa shape index (κ3) is 5.40. The molecular formula is C23H27N3O5. The fraction of sp³-hybridized carbons (Fsp3) is 0.348. The van der Waals surface area contributed by atoms with Gasteiger partial charge in [-0.15, -0.1) is 0 Å². The third-order valence-corrected chi connectivity index (χ3v) is 5.25. The molecule has 0 atom stereocenters. The van der Waals surface area contributed by atoms with Crippen molar-refractivity contribution in [2.24, 2.45) is 0 Å². The molecule has 0 aliphatic rings. The number of aryl methyl sites for hydroxylation is 2. The van der Waals surface area contributed by atoms with Gasteiger partial charge in [0.25, 0.3) is 0 Å². The molecule has 0 saturated heterocycles. The number of rotatable bonds is 9. The lowest BCUT2D eigenvalue weighted by Crippen LogP contribution is -2.40. The summed E-state index contributed by atoms with van der Waals surface area (Å²) in [6.07, 6.45) is 0.0594. The van der Waals surface area contributed by atoms with Crippen LogP contribution in [0.3, 0.4) is 0 Å². The van der Waals surface area contributed by atoms with Gasteiger partial charge >= 0.3 is 5.76 Å². The summed E-state index contributed by atoms with van der Waals surface area (Å²) in [4.78, 5) is 39.0. The van der Waals surface area contributed by atoms with E-state index < -0.39 is 5.76 Å². The van der Waals surface area contributed by atoms with Gasteiger partial charge in [-0.1, -0.05) is 24.3 Å². The minimum atomic E-state index is -0.509. The summed E-state index contributed by atoms with van der Waals surface area (Å²) in [5.74, 6) is -1.04. The van der Waals surface area contributed by atoms with Crippen molar-refractivity contribution in [2.45, 2.75) is 26.8 Å². The van der Waals surface area contributed by atoms with Gasteiger partial charge in [0.1, 0.15) is 0 Å². The van der Waals surface area contributed by atoms with E-state index in [1.54, 1.807) is 24.3 Å². The van der Waals surface area contributed by atoms with E-state index in [2.05, 4.69) is 5.32 Å². The van der Waals surface area contributed by atoms with Crippen molar-refractivity contribution >= 4 is 28.6 Å². The first-order valence-electron chi connectivity index (χ1n) is 10.1. The lowest BCUT2D eigenvalue weighted by molar-refractivity contribution is -0.135. The summed E-state index contributed by atoms with van der Waals surface area (Å²) in [7, 11) is 1.54. The van der Waals surface area contributed by atoms with Crippen LogP contribution in [0.1, 0.15) is 17.5 Å². The molecular weight excluding hydrogens is 398 g/mol. The number of benzene rings is 2. The molecule has 1 aromatic heterocycles. The zero-order valence-electron chi connectivity index (χ0n) is 18.0. The highest BCUT2D eigenvalue weighted by Gasteiger charge is 2.19. The van der Waals surface area contributed by atoms with E-state index in [-0.39, 0.29) is 37.9 Å². The Balaban J connectivity index is 1.67. The fourth-order valence-corrected chi connectivity index (χ4v) is 3.33. The maximum atomic E-state index is 12.8. The van der Waals surface area contributed by atoms with Crippen molar-refractivity contribution in [3.05, 3.63) is 64.1 Å². The van der Waals surface area contributed by atoms with Crippen LogP contribution in [-0.2, 0) is 20.9 Å². The molecule has 0 aliphatic carbocycles. The Bertz CT molecular complexity index is 1130. The standard InChI is InChI=1S/C23H27N3O5/c1-16-7-6-8-18(17(16)2)24-21(27)15-25(13-14-30-3)22(28)11-12-26-19-9-4-5-10-20(19)31-23(26)29/h4-10H,11-15H2,1-3H3,(H,24,27). The molecule has 0 unspecified atom stereocenters. The normalized spacial score (nSPS) is 10.9. The topological polar surface area (TPSA) is 93.8 Å². The van der Waals surface area contributed by atoms with Crippen molar-refractivity contribution < 1.29 is 18.7 Å². The van der Waals surface area contributed by atoms with E-state index in [4.69, 9.17) is 9.15 Å². The van der Waals surface area contributed by atoms with E-state index in [1.807, 2.05) is 32.0 Å². The number of carbonyl (C=O) groups excluding carboxylic acids is 2. The summed E-state index contributed by atoms with van der Waals surface area (Å²) in [5, 5.41) is 2.87. The predicted octanol–water partition coefficient (Wildman–Crippen LogP) is 2.72. The van der Waals surface area contributed by atoms with Crippen LogP contribution >= 0.6 is 0 Å². The highest BCUT2D eigenvalue weighted by molar-refractivity contribution is 5.95. The molecule has 0 bridgehead atoms. The number of methoxy groups -OCH3 is 1. The number of nitrogens with zero attached hydrogens (tertiary/aromatic N) is 2. The monoisotopic (exact) mass is 425 g/mol. The Morgan fingerprint density at radius 3 is 2.68 bits per heavy atom. The van der Waals surface area contributed by atoms with E-state index in [0.29, 0.717) is 17.7 Å². The summed E-state index contributed by atoms with van der Waals surface area (Å²) in [6.45, 7) is 4.55. The molecule has 1 heterocycles. The number of hydrogen-bond acceptors (Lipinski definition) is 5. The van der Waals surface area contributed by atoms with Crippen LogP contribution in [0, 0.1) is 13.8 Å². The second-order valence-corrected chi connectivity index (χ2v) is 7.34. The van der Waals surface area contributed by atoms with Crippen LogP contribution in [0.15, 0.2) is 51.7 Å². The van der Waals surface area contributed by atoms with Crippen molar-refractivity contribution in [1.29, 1.82) is 0 Å². The van der Waals surface area contributed by atoms with Gasteiger partial charge in [-0.2, -0.15) is 0 Å². The average molecular weight is 425 g/mol. The van der Waals surface area contributed by atoms with Crippen LogP contribution in [0.5, 0.6) is 0 Å². The number of hydrogen-bond donors (Lipinski definition) is 1. The van der Waals surface area contributed by atoms with Gasteiger partial charge in [0.15, 0.2) is 5.58 Å². The first-order valence-corrected chi connectivity index (χ1v) is 10.1. The molecule has 2 amide bonds. The number of oxazole rings is 1. The van der Waals surface area contributed by atoms with Gasteiger partial charge in [-0.05, 0) is 43.2 Å². The second kappa shape index (κ2) is 10.1. The van der Waals surface area contributed by atoms with Gasteiger partial charge in [-0.3, -0.25) is 14.2 Å². The molecule has 164 valence electrons. The number of ether oxygens (including phenoxy) is 1. The van der Waals surface area contributed by atoms with Crippen LogP contribution in [0.2, 0.25) is 0 Å². The molecule has 2 aromatic carbocycles. The molecule has 0 fully saturated rings. The zero-order valence-corrected chi connectivity index (χ0v) is 18.0. The molecule has 8 heteroatoms. The highest BCUT2D eigenvalue weighted by Crippen LogP contribution is 2.18. The molecule has 0 saturated carbocycles. The summed E-state index contributed by atoms with van der Waals surface area (Å²) in [5.41, 5.74) is 3.89. The number of para-hydroxylation sites is 2. The fourth-order valence-electron chi connectivity index (χ4n) is 3.33. The summed E-state index contributed by atoms with van der Waals surface area (Å²) in [6, 6.07) is 12.7. The maximum absolute atomic E-state index is 12.8. The SMILES string of the molecule is COCCN(CC(=O)Nc1cccc(C)c1C)C(=O)CCn1c(=O)oc2ccccc21. The van der Waals surface area contributed by atoms with Gasteiger partial charge in [0.2, 0.25) is 11.8 Å². The Morgan fingerprint density at radius 2 is 1.90 bits per heavy atom. The van der Waals surface area contributed by atoms with Gasteiger partial charge in [0.05, 0.1) is 18.7 Å². The molecule has 31 heavy (non-hydrogen) atoms. The van der Waals surface area contributed by atoms with Crippen LogP contribution in [0.4, 0.5) is 5.69 Å². The second-order valence-electron chi connectivity index (χ2n) is 7.34. The molecule has 0 radical (unpaired) electrons. The average Bonchev–Trinajstić information content (AvgIpc) is 3.07. The molecule has 1 N–H and O–H groups in total. The Hall–Kier alpha value is -3.39. The lowest BCUT2D eigenvalue weighted by Gasteiger charge is -2.22. The summed E-state index contributed by atoms with van der Waals surface area (Å²) >= 11 is 0. The molecule has 3 aromatic rings. The number of aromatic nitrogens is 1. The number of amides is 2. The highest BCUT2D eigenvalue weighted by atomic mass is 16.5. The molecule has 3 rings (SSSR count). The van der Waals surface area contributed by atoms with E-state index in [1.165, 1.54) is 16.6 Å². The number of fused-ring (bicyclic) bond motifs is 1. The van der Waals surface area contributed by atoms with Crippen LogP contribution in [-0.4, -0.2) is 48.1 Å². The number of carbonyl (C=O) groups is 2. The lowest BCUT2D eigenvalue weighted by atomic mass is 10.1. The number of nitrogens with one attached hydrogen (secondary N) is 1. The number of anilines is 1. The molecule has 0 spiro atoms. The summed E-state index contributed by atoms with van der Waals surface area (Å²) < 4.78 is 11.7. The van der Waals surface area contributed by atoms with Gasteiger partial charge in [0, 0.05) is 32.3 Å². The Kier molecular flexibility index (Phi) is 7.25. The van der Waals surface area contributed by atoms with Crippen molar-refractivity contribution in [3.63, 3.8) is 0 Å². The van der Waals surface area contributed by atoms with Crippen LogP contribution < -0.4 is 11.1 Å². The largest absolute Gasteiger partial charge is 0.419 e. The first-order chi connectivity index (χ1) is 14.9. The van der Waals surface area contributed by atoms with Crippen molar-refractivity contribution in [2.75, 3.05) is 32.1 Å². The minimum Gasteiger partial charge on any atom is -0.408 e. The Morgan fingerprint density at radius 1 is 1.13 bits per heavy atom. The van der Waals surface area contributed by atoms with Crippen molar-refractivity contribution in [1.82, 2.24) is 9.47 Å². The molecule has 0 aliphatic heterocycles. The third-order valence-electron chi connectivity index (χ3n) is 5.25. The smallest absolute Gasteiger partial charge is 0.408 e. The zero-order chi connectivity index (χ0) is 22.4. The van der Waals surface area contributed by atoms with E-state index in [9.17, 15) is 14.4 Å². The van der Waals surface area contributed by atoms with Crippen LogP contribution in [0.25, 0.3) is 11.1 Å². The predicted molar refractivity (Wildman–Crippen MR) is 118 cm³/mol. The van der Waals surface area contributed by atoms with Gasteiger partial charge in [-0.25, -0.2) is 4.79 Å². The van der Waals surface area contributed by atoms with E-state index >= 15 is 0 Å². The first kappa shape index (κ1) is 22.3. The maximum Gasteiger partial charge on any atom is 0.419 e.